The molecule has 0 N–H and O–H groups in total. The Bertz CT molecular complexity index is 317. The van der Waals surface area contributed by atoms with E-state index < -0.39 is 0 Å². The Morgan fingerprint density at radius 3 is 2.76 bits per heavy atom. The van der Waals surface area contributed by atoms with Crippen molar-refractivity contribution in [2.24, 2.45) is 11.3 Å². The van der Waals surface area contributed by atoms with Crippen LogP contribution < -0.4 is 0 Å². The van der Waals surface area contributed by atoms with Crippen molar-refractivity contribution in [3.63, 3.8) is 0 Å². The molecule has 0 amide bonds. The van der Waals surface area contributed by atoms with E-state index in [1.54, 1.807) is 6.08 Å². The summed E-state index contributed by atoms with van der Waals surface area (Å²) in [6.07, 6.45) is 12.8. The molecule has 0 spiro atoms. The summed E-state index contributed by atoms with van der Waals surface area (Å²) in [6, 6.07) is 0. The van der Waals surface area contributed by atoms with E-state index in [9.17, 15) is 4.79 Å². The first-order chi connectivity index (χ1) is 8.20. The van der Waals surface area contributed by atoms with Gasteiger partial charge in [-0.05, 0) is 32.1 Å². The first-order valence-electron chi connectivity index (χ1n) is 6.17. The van der Waals surface area contributed by atoms with E-state index in [1.165, 1.54) is 7.11 Å². The molecule has 0 fully saturated rings. The minimum absolute atomic E-state index is 0.124. The predicted octanol–water partition coefficient (Wildman–Crippen LogP) is 3.65. The number of hydrogen-bond donors (Lipinski definition) is 0. The molecule has 17 heavy (non-hydrogen) atoms. The van der Waals surface area contributed by atoms with Crippen LogP contribution in [-0.4, -0.2) is 13.1 Å². The van der Waals surface area contributed by atoms with Crippen LogP contribution in [0.4, 0.5) is 0 Å². The summed E-state index contributed by atoms with van der Waals surface area (Å²) in [5, 5.41) is 0. The summed E-state index contributed by atoms with van der Waals surface area (Å²) in [6.45, 7) is 7.56. The van der Waals surface area contributed by atoms with Crippen molar-refractivity contribution >= 4 is 5.97 Å². The highest BCUT2D eigenvalue weighted by molar-refractivity contribution is 5.74. The monoisotopic (exact) mass is 234 g/mol. The molecule has 2 atom stereocenters. The number of ether oxygens (including phenoxy) is 1. The van der Waals surface area contributed by atoms with Gasteiger partial charge in [0, 0.05) is 5.41 Å². The van der Waals surface area contributed by atoms with E-state index in [0.717, 1.165) is 25.7 Å². The molecule has 0 aromatic heterocycles. The summed E-state index contributed by atoms with van der Waals surface area (Å²) in [4.78, 5) is 11.9. The summed E-state index contributed by atoms with van der Waals surface area (Å²) < 4.78 is 4.93. The number of carbonyl (C=O) groups is 1. The number of rotatable bonds is 6. The van der Waals surface area contributed by atoms with Gasteiger partial charge in [-0.15, -0.1) is 13.2 Å². The third kappa shape index (κ3) is 3.09. The Balaban J connectivity index is 3.02. The van der Waals surface area contributed by atoms with Gasteiger partial charge < -0.3 is 4.74 Å². The molecule has 0 heterocycles. The number of methoxy groups -OCH3 is 1. The minimum atomic E-state index is -0.140. The Kier molecular flexibility index (Phi) is 5.20. The molecule has 2 unspecified atom stereocenters. The molecule has 0 aliphatic heterocycles. The second kappa shape index (κ2) is 6.43. The Labute approximate surface area is 104 Å². The normalized spacial score (nSPS) is 25.0. The zero-order valence-electron chi connectivity index (χ0n) is 10.7. The SMILES string of the molecule is C=CCC(C(=O)OC)C1(CC=C)C=CCCC1. The lowest BCUT2D eigenvalue weighted by Gasteiger charge is -2.38. The average Bonchev–Trinajstić information content (AvgIpc) is 2.36. The Morgan fingerprint density at radius 2 is 2.29 bits per heavy atom. The molecule has 0 bridgehead atoms. The molecule has 1 rings (SSSR count). The third-order valence-electron chi connectivity index (χ3n) is 3.57. The lowest BCUT2D eigenvalue weighted by molar-refractivity contribution is -0.149. The van der Waals surface area contributed by atoms with Gasteiger partial charge in [0.05, 0.1) is 13.0 Å². The Hall–Kier alpha value is -1.31. The zero-order valence-corrected chi connectivity index (χ0v) is 10.7. The highest BCUT2D eigenvalue weighted by Gasteiger charge is 2.40. The van der Waals surface area contributed by atoms with E-state index in [4.69, 9.17) is 4.74 Å². The molecule has 0 radical (unpaired) electrons. The van der Waals surface area contributed by atoms with Gasteiger partial charge in [-0.1, -0.05) is 24.3 Å². The van der Waals surface area contributed by atoms with E-state index in [1.807, 2.05) is 6.08 Å². The molecule has 0 saturated heterocycles. The van der Waals surface area contributed by atoms with Crippen LogP contribution in [0.2, 0.25) is 0 Å². The van der Waals surface area contributed by atoms with E-state index in [-0.39, 0.29) is 17.3 Å². The van der Waals surface area contributed by atoms with Crippen LogP contribution in [-0.2, 0) is 9.53 Å². The van der Waals surface area contributed by atoms with Gasteiger partial charge in [0.2, 0.25) is 0 Å². The fraction of sp³-hybridized carbons (Fsp3) is 0.533. The molecule has 94 valence electrons. The van der Waals surface area contributed by atoms with E-state index >= 15 is 0 Å². The minimum Gasteiger partial charge on any atom is -0.469 e. The van der Waals surface area contributed by atoms with Crippen LogP contribution >= 0.6 is 0 Å². The predicted molar refractivity (Wildman–Crippen MR) is 70.6 cm³/mol. The second-order valence-electron chi connectivity index (χ2n) is 4.62. The van der Waals surface area contributed by atoms with Gasteiger partial charge >= 0.3 is 5.97 Å². The molecule has 1 aliphatic rings. The van der Waals surface area contributed by atoms with Crippen molar-refractivity contribution in [3.8, 4) is 0 Å². The summed E-state index contributed by atoms with van der Waals surface area (Å²) >= 11 is 0. The molecule has 0 aromatic rings. The topological polar surface area (TPSA) is 26.3 Å². The molecule has 0 aromatic carbocycles. The van der Waals surface area contributed by atoms with Crippen molar-refractivity contribution < 1.29 is 9.53 Å². The molecular weight excluding hydrogens is 212 g/mol. The highest BCUT2D eigenvalue weighted by Crippen LogP contribution is 2.44. The number of allylic oxidation sites excluding steroid dienone is 4. The molecule has 1 aliphatic carbocycles. The van der Waals surface area contributed by atoms with Crippen molar-refractivity contribution in [2.45, 2.75) is 32.1 Å². The average molecular weight is 234 g/mol. The zero-order chi connectivity index (χ0) is 12.7. The van der Waals surface area contributed by atoms with Crippen LogP contribution in [0.3, 0.4) is 0 Å². The summed E-state index contributed by atoms with van der Waals surface area (Å²) in [7, 11) is 1.45. The van der Waals surface area contributed by atoms with Crippen LogP contribution in [0.15, 0.2) is 37.5 Å². The largest absolute Gasteiger partial charge is 0.469 e. The van der Waals surface area contributed by atoms with Crippen LogP contribution in [0, 0.1) is 11.3 Å². The van der Waals surface area contributed by atoms with Crippen molar-refractivity contribution in [1.82, 2.24) is 0 Å². The van der Waals surface area contributed by atoms with Gasteiger partial charge in [0.15, 0.2) is 0 Å². The fourth-order valence-electron chi connectivity index (χ4n) is 2.70. The maximum atomic E-state index is 11.9. The van der Waals surface area contributed by atoms with Crippen LogP contribution in [0.25, 0.3) is 0 Å². The lowest BCUT2D eigenvalue weighted by Crippen LogP contribution is -2.36. The molecule has 2 heteroatoms. The first-order valence-corrected chi connectivity index (χ1v) is 6.17. The first kappa shape index (κ1) is 13.8. The van der Waals surface area contributed by atoms with Crippen molar-refractivity contribution in [2.75, 3.05) is 7.11 Å². The molecular formula is C15H22O2. The fourth-order valence-corrected chi connectivity index (χ4v) is 2.70. The van der Waals surface area contributed by atoms with Gasteiger partial charge in [-0.3, -0.25) is 4.79 Å². The van der Waals surface area contributed by atoms with Gasteiger partial charge in [0.1, 0.15) is 0 Å². The molecule has 2 nitrogen and oxygen atoms in total. The van der Waals surface area contributed by atoms with E-state index in [2.05, 4.69) is 25.3 Å². The van der Waals surface area contributed by atoms with E-state index in [0.29, 0.717) is 6.42 Å². The highest BCUT2D eigenvalue weighted by atomic mass is 16.5. The van der Waals surface area contributed by atoms with Gasteiger partial charge in [-0.2, -0.15) is 0 Å². The van der Waals surface area contributed by atoms with Crippen LogP contribution in [0.5, 0.6) is 0 Å². The number of hydrogen-bond acceptors (Lipinski definition) is 2. The van der Waals surface area contributed by atoms with Crippen LogP contribution in [0.1, 0.15) is 32.1 Å². The second-order valence-corrected chi connectivity index (χ2v) is 4.62. The molecule has 0 saturated carbocycles. The summed E-state index contributed by atoms with van der Waals surface area (Å²) in [5.74, 6) is -0.280. The lowest BCUT2D eigenvalue weighted by atomic mass is 9.66. The standard InChI is InChI=1S/C15H22O2/c1-4-9-13(14(16)17-3)15(10-5-2)11-7-6-8-12-15/h4-5,7,11,13H,1-2,6,8-10,12H2,3H3. The number of esters is 1. The Morgan fingerprint density at radius 1 is 1.53 bits per heavy atom. The van der Waals surface area contributed by atoms with Crippen molar-refractivity contribution in [3.05, 3.63) is 37.5 Å². The smallest absolute Gasteiger partial charge is 0.309 e. The van der Waals surface area contributed by atoms with Gasteiger partial charge in [-0.25, -0.2) is 0 Å². The maximum Gasteiger partial charge on any atom is 0.309 e. The summed E-state index contributed by atoms with van der Waals surface area (Å²) in [5.41, 5.74) is -0.124. The number of carbonyl (C=O) groups excluding carboxylic acids is 1. The maximum absolute atomic E-state index is 11.9. The van der Waals surface area contributed by atoms with Crippen molar-refractivity contribution in [1.29, 1.82) is 0 Å². The van der Waals surface area contributed by atoms with Gasteiger partial charge in [0.25, 0.3) is 0 Å². The quantitative estimate of drug-likeness (QED) is 0.518. The third-order valence-corrected chi connectivity index (χ3v) is 3.57.